The van der Waals surface area contributed by atoms with Crippen LogP contribution in [0.5, 0.6) is 23.0 Å². The van der Waals surface area contributed by atoms with Gasteiger partial charge in [0.05, 0.1) is 113 Å². The second kappa shape index (κ2) is 38.1. The number of hydrogen-bond acceptors (Lipinski definition) is 31. The molecule has 6 fully saturated rings. The molecule has 18 heterocycles. The number of carbonyl (C=O) groups is 15. The van der Waals surface area contributed by atoms with Gasteiger partial charge in [0.1, 0.15) is 84.0 Å². The number of anilines is 2. The van der Waals surface area contributed by atoms with E-state index in [1.165, 1.54) is 98.7 Å². The first-order valence-corrected chi connectivity index (χ1v) is 46.5. The monoisotopic (exact) mass is 2000 g/mol. The summed E-state index contributed by atoms with van der Waals surface area (Å²) in [7, 11) is 7.96. The van der Waals surface area contributed by atoms with E-state index in [0.29, 0.717) is 92.1 Å². The molecule has 0 aliphatic carbocycles. The van der Waals surface area contributed by atoms with Crippen molar-refractivity contribution in [2.75, 3.05) is 118 Å². The van der Waals surface area contributed by atoms with Crippen LogP contribution in [0.1, 0.15) is 166 Å². The number of ether oxygens (including phenoxy) is 6. The van der Waals surface area contributed by atoms with E-state index in [1.807, 2.05) is 13.0 Å². The van der Waals surface area contributed by atoms with Crippen molar-refractivity contribution in [2.24, 2.45) is 0 Å². The number of nitrogens with zero attached hydrogens (tertiary/aromatic N) is 11. The Morgan fingerprint density at radius 3 is 1.21 bits per heavy atom. The van der Waals surface area contributed by atoms with Gasteiger partial charge in [0.2, 0.25) is 53.2 Å². The van der Waals surface area contributed by atoms with Gasteiger partial charge >= 0.3 is 11.9 Å². The first-order chi connectivity index (χ1) is 69.9. The minimum Gasteiger partial charge on any atom is -0.497 e. The summed E-state index contributed by atoms with van der Waals surface area (Å²) in [6.45, 7) is 10.9. The lowest BCUT2D eigenvalue weighted by Gasteiger charge is -2.35. The van der Waals surface area contributed by atoms with Gasteiger partial charge in [-0.15, -0.1) is 0 Å². The fraction of sp³-hybridized carbons (Fsp3) is 0.343. The second-order valence-electron chi connectivity index (χ2n) is 37.0. The van der Waals surface area contributed by atoms with Crippen LogP contribution in [0.15, 0.2) is 127 Å². The van der Waals surface area contributed by atoms with Gasteiger partial charge in [0.15, 0.2) is 57.0 Å². The van der Waals surface area contributed by atoms with Gasteiger partial charge in [0.25, 0.3) is 23.6 Å². The topological polar surface area (TPSA) is 486 Å². The highest BCUT2D eigenvalue weighted by Crippen LogP contribution is 2.48. The summed E-state index contributed by atoms with van der Waals surface area (Å²) in [4.78, 5) is 219. The summed E-state index contributed by atoms with van der Waals surface area (Å²) < 4.78 is 113. The van der Waals surface area contributed by atoms with E-state index in [9.17, 15) is 89.5 Å². The molecule has 12 aromatic rings. The van der Waals surface area contributed by atoms with Gasteiger partial charge in [0, 0.05) is 146 Å². The number of aromatic nitrogens is 4. The van der Waals surface area contributed by atoms with Gasteiger partial charge in [-0.25, -0.2) is 42.3 Å². The molecule has 10 aliphatic heterocycles. The third-order valence-electron chi connectivity index (χ3n) is 28.3. The van der Waals surface area contributed by atoms with Gasteiger partial charge in [-0.1, -0.05) is 31.2 Å². The number of esters is 2. The van der Waals surface area contributed by atoms with Crippen molar-refractivity contribution in [2.45, 2.75) is 120 Å². The Morgan fingerprint density at radius 1 is 0.418 bits per heavy atom. The Kier molecular flexibility index (Phi) is 25.6. The summed E-state index contributed by atoms with van der Waals surface area (Å²) in [6, 6.07) is 28.3. The average molecular weight is 2000 g/mol. The van der Waals surface area contributed by atoms with E-state index in [2.05, 4.69) is 57.7 Å². The zero-order valence-corrected chi connectivity index (χ0v) is 80.1. The van der Waals surface area contributed by atoms with Crippen LogP contribution in [0.4, 0.5) is 28.9 Å². The molecule has 0 bridgehead atoms. The van der Waals surface area contributed by atoms with Crippen molar-refractivity contribution >= 4 is 145 Å². The highest BCUT2D eigenvalue weighted by Gasteiger charge is 2.59. The van der Waals surface area contributed by atoms with Crippen molar-refractivity contribution in [3.63, 3.8) is 0 Å². The molecule has 44 heteroatoms. The molecule has 40 nitrogen and oxygen atoms in total. The van der Waals surface area contributed by atoms with Crippen molar-refractivity contribution in [3.05, 3.63) is 223 Å². The SMILES string of the molecule is CCN1CCN(c2cc3oc([C@]4(CN5Cc6ccc(OC)c(F)c6C5=O)CC(=O)NC4=O)cc3nc2C)CC1.COC(=O)CCCc1nc2cc([C@]3(CN4Cc5ccc(OC)c(F)c5C4=O)CC(=O)NC3=O)oc2cc1F.COC(=O)c1ccc2oc([C@]3(CN4Cc5ccc(OC)cc5C4=O)CC(=O)NC3=O)cc2n1.COc1ccc2c(c1F)C(=O)N(C[C@@]1(c3cc4nc(C)c(N5CCC5=O)cc4o3)CC(=O)NC1=O)C2. The number of likely N-dealkylation sites (N-methyl/N-ethyl adjacent to an activating group) is 1. The lowest BCUT2D eigenvalue weighted by molar-refractivity contribution is -0.141. The summed E-state index contributed by atoms with van der Waals surface area (Å²) in [5.41, 5.74) is 2.35. The summed E-state index contributed by atoms with van der Waals surface area (Å²) in [5.74, 6) is -9.49. The number of methoxy groups -OCH3 is 6. The number of furan rings is 4. The molecule has 0 saturated carbocycles. The van der Waals surface area contributed by atoms with Crippen LogP contribution in [0.3, 0.4) is 0 Å². The molecule has 146 heavy (non-hydrogen) atoms. The largest absolute Gasteiger partial charge is 0.497 e. The smallest absolute Gasteiger partial charge is 0.356 e. The number of amides is 13. The van der Waals surface area contributed by atoms with Crippen LogP contribution in [-0.2, 0) is 112 Å². The number of rotatable bonds is 24. The second-order valence-corrected chi connectivity index (χ2v) is 37.0. The standard InChI is InChI=1S/C28H30FN5O5.C26H23F2N3O7.C25H21FN4O6.C23H19N3O7/c1-4-32-7-9-33(10-8-32)19-12-21-18(30-16(19)2)11-22(39-21)28(13-23(35)31-27(28)37)15-34-14-17-5-6-20(38-3)25(29)24(17)26(34)36;1-36-17-7-6-13-11-31(24(34)22(13)23(17)28)12-26(10-20(32)30-25(26)35)19-9-16-18(38-19)8-14(27)15(29-16)4-3-5-21(33)37-2;1-12-15(30-6-5-20(30)32)8-17-14(27-12)7-18(36-17)25(9-19(31)28-24(25)34)11-29-10-13-3-4-16(35-2)22(26)21(13)23(29)33;1-31-13-4-3-12-10-26(20(28)14(12)7-13)11-23(9-19(27)25-22(23)30)18-8-16-17(33-18)6-5-15(24-16)21(29)32-2/h5-6,11-12H,4,7-10,13-15H2,1-3H3,(H,31,35,37);6-9H,3-5,10-12H2,1-2H3,(H,30,32,35);3-4,7-8H,5-6,9-11H2,1-2H3,(H,28,31,34);3-8H,9-11H2,1-2H3,(H,25,27,30)/t28-;26-;25-;23-/m1111/s1. The van der Waals surface area contributed by atoms with Crippen molar-refractivity contribution < 1.29 is 136 Å². The molecule has 0 spiro atoms. The normalized spacial score (nSPS) is 20.4. The van der Waals surface area contributed by atoms with E-state index < -0.39 is 122 Å². The Bertz CT molecular complexity index is 7630. The van der Waals surface area contributed by atoms with Crippen LogP contribution >= 0.6 is 0 Å². The van der Waals surface area contributed by atoms with E-state index in [1.54, 1.807) is 72.5 Å². The van der Waals surface area contributed by atoms with Crippen LogP contribution in [0, 0.1) is 37.1 Å². The Labute approximate surface area is 825 Å². The zero-order valence-electron chi connectivity index (χ0n) is 80.1. The molecule has 8 aromatic heterocycles. The third-order valence-corrected chi connectivity index (χ3v) is 28.3. The molecule has 4 aromatic carbocycles. The zero-order chi connectivity index (χ0) is 103. The van der Waals surface area contributed by atoms with Crippen LogP contribution in [0.25, 0.3) is 44.4 Å². The Morgan fingerprint density at radius 2 is 0.815 bits per heavy atom. The van der Waals surface area contributed by atoms with E-state index >= 15 is 0 Å². The van der Waals surface area contributed by atoms with Gasteiger partial charge in [-0.2, -0.15) is 0 Å². The van der Waals surface area contributed by atoms with Gasteiger partial charge < -0.3 is 80.4 Å². The number of pyridine rings is 4. The minimum atomic E-state index is -1.63. The number of β-lactam (4-membered cyclic amide) rings is 1. The molecule has 0 radical (unpaired) electrons. The van der Waals surface area contributed by atoms with Gasteiger partial charge in [-0.3, -0.25) is 88.4 Å². The number of benzene rings is 4. The summed E-state index contributed by atoms with van der Waals surface area (Å²) in [5, 5.41) is 9.26. The fourth-order valence-corrected chi connectivity index (χ4v) is 20.5. The van der Waals surface area contributed by atoms with Crippen molar-refractivity contribution in [1.82, 2.24) is 65.7 Å². The average Bonchev–Trinajstić information content (AvgIpc) is 1.72. The maximum absolute atomic E-state index is 14.9. The minimum absolute atomic E-state index is 0.00967. The van der Waals surface area contributed by atoms with E-state index in [0.717, 1.165) is 55.7 Å². The number of aryl methyl sites for hydroxylation is 3. The first kappa shape index (κ1) is 98.0. The molecule has 4 N–H and O–H groups in total. The molecule has 22 rings (SSSR count). The number of imide groups is 4. The quantitative estimate of drug-likeness (QED) is 0.0191. The predicted octanol–water partition coefficient (Wildman–Crippen LogP) is 8.44. The number of fused-ring (bicyclic) bond motifs is 8. The highest BCUT2D eigenvalue weighted by molar-refractivity contribution is 6.14. The molecule has 13 amide bonds. The van der Waals surface area contributed by atoms with Crippen molar-refractivity contribution in [1.29, 1.82) is 0 Å². The summed E-state index contributed by atoms with van der Waals surface area (Å²) >= 11 is 0. The summed E-state index contributed by atoms with van der Waals surface area (Å²) in [6.07, 6.45) is 0.0898. The number of piperazine rings is 1. The predicted molar refractivity (Wildman–Crippen MR) is 502 cm³/mol. The Balaban J connectivity index is 0.000000123. The molecular weight excluding hydrogens is 1910 g/mol. The van der Waals surface area contributed by atoms with E-state index in [4.69, 9.17) is 46.3 Å². The van der Waals surface area contributed by atoms with Crippen LogP contribution < -0.4 is 50.0 Å². The molecular formula is C102H93F4N15O25. The lowest BCUT2D eigenvalue weighted by Crippen LogP contribution is -2.46. The van der Waals surface area contributed by atoms with Crippen LogP contribution in [-0.4, -0.2) is 241 Å². The highest BCUT2D eigenvalue weighted by atomic mass is 19.1. The van der Waals surface area contributed by atoms with E-state index in [-0.39, 0.29) is 182 Å². The maximum atomic E-state index is 14.9. The number of nitrogens with one attached hydrogen (secondary N) is 4. The third kappa shape index (κ3) is 17.2. The maximum Gasteiger partial charge on any atom is 0.356 e. The molecule has 0 unspecified atom stereocenters. The molecule has 4 atom stereocenters. The molecule has 754 valence electrons. The fourth-order valence-electron chi connectivity index (χ4n) is 20.5. The Hall–Kier alpha value is -16.8. The van der Waals surface area contributed by atoms with Gasteiger partial charge in [-0.05, 0) is 98.0 Å². The number of halogens is 4. The molecule has 6 saturated heterocycles. The first-order valence-electron chi connectivity index (χ1n) is 46.5. The lowest BCUT2D eigenvalue weighted by atomic mass is 9.82. The number of hydrogen-bond donors (Lipinski definition) is 4. The van der Waals surface area contributed by atoms with Crippen molar-refractivity contribution in [3.8, 4) is 23.0 Å². The van der Waals surface area contributed by atoms with Crippen LogP contribution in [0.2, 0.25) is 0 Å². The molecule has 10 aliphatic rings. The number of carbonyl (C=O) groups excluding carboxylic acids is 15.